The molecule has 2 aliphatic heterocycles. The third-order valence-corrected chi connectivity index (χ3v) is 5.75. The quantitative estimate of drug-likeness (QED) is 0.532. The van der Waals surface area contributed by atoms with Gasteiger partial charge in [-0.2, -0.15) is 0 Å². The van der Waals surface area contributed by atoms with Crippen LogP contribution in [0.15, 0.2) is 18.2 Å². The lowest BCUT2D eigenvalue weighted by molar-refractivity contribution is 0.0282. The van der Waals surface area contributed by atoms with Crippen molar-refractivity contribution >= 4 is 33.7 Å². The maximum atomic E-state index is 12.3. The molecule has 3 rings (SSSR count). The number of benzene rings is 1. The van der Waals surface area contributed by atoms with Gasteiger partial charge in [-0.3, -0.25) is 0 Å². The highest BCUT2D eigenvalue weighted by atomic mass is 79.9. The second kappa shape index (κ2) is 7.70. The number of anilines is 1. The standard InChI is InChI=1S/C20H27BrN2O4/c1-20(2,3)27-19(25)23-11-14-9-22(10-15(14)12-23)16-5-6-17(18(24)26-4)13(7-16)8-21/h5-7,14-15H,8-12H2,1-4H3/t14-,15+. The first-order chi connectivity index (χ1) is 12.7. The first kappa shape index (κ1) is 20.0. The van der Waals surface area contributed by atoms with Crippen LogP contribution in [0.4, 0.5) is 10.5 Å². The Balaban J connectivity index is 1.65. The number of amides is 1. The van der Waals surface area contributed by atoms with Crippen molar-refractivity contribution in [3.63, 3.8) is 0 Å². The summed E-state index contributed by atoms with van der Waals surface area (Å²) in [5.74, 6) is 0.581. The van der Waals surface area contributed by atoms with E-state index in [1.807, 2.05) is 43.9 Å². The molecule has 0 unspecified atom stereocenters. The lowest BCUT2D eigenvalue weighted by Gasteiger charge is -2.26. The first-order valence-electron chi connectivity index (χ1n) is 9.22. The molecule has 2 aliphatic rings. The van der Waals surface area contributed by atoms with E-state index >= 15 is 0 Å². The van der Waals surface area contributed by atoms with Gasteiger partial charge in [0.1, 0.15) is 5.60 Å². The number of halogens is 1. The molecule has 27 heavy (non-hydrogen) atoms. The van der Waals surface area contributed by atoms with Crippen LogP contribution in [0.25, 0.3) is 0 Å². The highest BCUT2D eigenvalue weighted by Crippen LogP contribution is 2.35. The first-order valence-corrected chi connectivity index (χ1v) is 10.3. The molecule has 0 bridgehead atoms. The topological polar surface area (TPSA) is 59.1 Å². The van der Waals surface area contributed by atoms with Gasteiger partial charge in [-0.25, -0.2) is 9.59 Å². The van der Waals surface area contributed by atoms with Crippen molar-refractivity contribution in [2.24, 2.45) is 11.8 Å². The minimum absolute atomic E-state index is 0.215. The predicted octanol–water partition coefficient (Wildman–Crippen LogP) is 3.67. The SMILES string of the molecule is COC(=O)c1ccc(N2C[C@H]3CN(C(=O)OC(C)(C)C)C[C@H]3C2)cc1CBr. The molecular weight excluding hydrogens is 412 g/mol. The Hall–Kier alpha value is -1.76. The minimum atomic E-state index is -0.464. The van der Waals surface area contributed by atoms with Crippen molar-refractivity contribution in [1.29, 1.82) is 0 Å². The Labute approximate surface area is 168 Å². The number of alkyl halides is 1. The van der Waals surface area contributed by atoms with Gasteiger partial charge in [0, 0.05) is 49.0 Å². The third-order valence-electron chi connectivity index (χ3n) is 5.14. The Bertz CT molecular complexity index is 717. The number of fused-ring (bicyclic) bond motifs is 1. The van der Waals surface area contributed by atoms with E-state index in [0.717, 1.165) is 37.4 Å². The van der Waals surface area contributed by atoms with Gasteiger partial charge in [-0.05, 0) is 44.5 Å². The van der Waals surface area contributed by atoms with Crippen molar-refractivity contribution in [1.82, 2.24) is 4.90 Å². The molecule has 7 heteroatoms. The van der Waals surface area contributed by atoms with Crippen LogP contribution < -0.4 is 4.90 Å². The number of carbonyl (C=O) groups excluding carboxylic acids is 2. The summed E-state index contributed by atoms with van der Waals surface area (Å²) >= 11 is 3.46. The summed E-state index contributed by atoms with van der Waals surface area (Å²) < 4.78 is 10.3. The van der Waals surface area contributed by atoms with Crippen LogP contribution >= 0.6 is 15.9 Å². The largest absolute Gasteiger partial charge is 0.465 e. The number of hydrogen-bond donors (Lipinski definition) is 0. The normalized spacial score (nSPS) is 22.0. The summed E-state index contributed by atoms with van der Waals surface area (Å²) in [6.45, 7) is 8.96. The van der Waals surface area contributed by atoms with Gasteiger partial charge in [-0.15, -0.1) is 0 Å². The van der Waals surface area contributed by atoms with E-state index in [4.69, 9.17) is 9.47 Å². The minimum Gasteiger partial charge on any atom is -0.465 e. The summed E-state index contributed by atoms with van der Waals surface area (Å²) in [6, 6.07) is 5.86. The predicted molar refractivity (Wildman–Crippen MR) is 107 cm³/mol. The number of esters is 1. The smallest absolute Gasteiger partial charge is 0.410 e. The van der Waals surface area contributed by atoms with E-state index in [-0.39, 0.29) is 12.1 Å². The van der Waals surface area contributed by atoms with Gasteiger partial charge < -0.3 is 19.3 Å². The molecule has 2 heterocycles. The van der Waals surface area contributed by atoms with E-state index in [2.05, 4.69) is 20.8 Å². The number of carbonyl (C=O) groups is 2. The van der Waals surface area contributed by atoms with Gasteiger partial charge in [0.25, 0.3) is 0 Å². The molecule has 2 fully saturated rings. The van der Waals surface area contributed by atoms with Crippen molar-refractivity contribution in [2.75, 3.05) is 38.2 Å². The van der Waals surface area contributed by atoms with E-state index in [1.165, 1.54) is 7.11 Å². The number of rotatable bonds is 3. The second-order valence-electron chi connectivity index (χ2n) is 8.28. The van der Waals surface area contributed by atoms with Gasteiger partial charge >= 0.3 is 12.1 Å². The van der Waals surface area contributed by atoms with Crippen molar-refractivity contribution < 1.29 is 19.1 Å². The lowest BCUT2D eigenvalue weighted by atomic mass is 10.0. The number of methoxy groups -OCH3 is 1. The van der Waals surface area contributed by atoms with E-state index in [1.54, 1.807) is 0 Å². The molecule has 2 saturated heterocycles. The zero-order chi connectivity index (χ0) is 19.8. The zero-order valence-corrected chi connectivity index (χ0v) is 17.9. The van der Waals surface area contributed by atoms with Gasteiger partial charge in [0.2, 0.25) is 0 Å². The number of nitrogens with zero attached hydrogens (tertiary/aromatic N) is 2. The van der Waals surface area contributed by atoms with Gasteiger partial charge in [0.15, 0.2) is 0 Å². The molecule has 148 valence electrons. The molecule has 6 nitrogen and oxygen atoms in total. The van der Waals surface area contributed by atoms with Crippen LogP contribution in [0, 0.1) is 11.8 Å². The fourth-order valence-corrected chi connectivity index (χ4v) is 4.34. The maximum absolute atomic E-state index is 12.3. The van der Waals surface area contributed by atoms with Crippen LogP contribution in [0.3, 0.4) is 0 Å². The lowest BCUT2D eigenvalue weighted by Crippen LogP contribution is -2.37. The fraction of sp³-hybridized carbons (Fsp3) is 0.600. The summed E-state index contributed by atoms with van der Waals surface area (Å²) in [4.78, 5) is 28.4. The highest BCUT2D eigenvalue weighted by Gasteiger charge is 2.42. The molecule has 1 aromatic rings. The molecular formula is C20H27BrN2O4. The summed E-state index contributed by atoms with van der Waals surface area (Å²) in [5, 5.41) is 0.596. The van der Waals surface area contributed by atoms with E-state index in [0.29, 0.717) is 22.7 Å². The van der Waals surface area contributed by atoms with Gasteiger partial charge in [0.05, 0.1) is 12.7 Å². The molecule has 1 amide bonds. The third kappa shape index (κ3) is 4.39. The van der Waals surface area contributed by atoms with Gasteiger partial charge in [-0.1, -0.05) is 15.9 Å². The average Bonchev–Trinajstić information content (AvgIpc) is 3.18. The number of likely N-dealkylation sites (tertiary alicyclic amines) is 1. The summed E-state index contributed by atoms with van der Waals surface area (Å²) in [7, 11) is 1.40. The average molecular weight is 439 g/mol. The molecule has 0 radical (unpaired) electrons. The van der Waals surface area contributed by atoms with Crippen LogP contribution in [-0.2, 0) is 14.8 Å². The van der Waals surface area contributed by atoms with Crippen molar-refractivity contribution in [3.8, 4) is 0 Å². The maximum Gasteiger partial charge on any atom is 0.410 e. The zero-order valence-electron chi connectivity index (χ0n) is 16.3. The van der Waals surface area contributed by atoms with Crippen LogP contribution in [0.2, 0.25) is 0 Å². The number of hydrogen-bond acceptors (Lipinski definition) is 5. The second-order valence-corrected chi connectivity index (χ2v) is 8.84. The Morgan fingerprint density at radius 2 is 1.78 bits per heavy atom. The highest BCUT2D eigenvalue weighted by molar-refractivity contribution is 9.08. The van der Waals surface area contributed by atoms with Crippen LogP contribution in [0.1, 0.15) is 36.7 Å². The van der Waals surface area contributed by atoms with Crippen molar-refractivity contribution in [3.05, 3.63) is 29.3 Å². The van der Waals surface area contributed by atoms with E-state index < -0.39 is 5.60 Å². The van der Waals surface area contributed by atoms with E-state index in [9.17, 15) is 9.59 Å². The number of ether oxygens (including phenoxy) is 2. The summed E-state index contributed by atoms with van der Waals surface area (Å²) in [6.07, 6.45) is -0.215. The molecule has 0 saturated carbocycles. The van der Waals surface area contributed by atoms with Crippen molar-refractivity contribution in [2.45, 2.75) is 31.7 Å². The molecule has 2 atom stereocenters. The Morgan fingerprint density at radius 3 is 2.30 bits per heavy atom. The summed E-state index contributed by atoms with van der Waals surface area (Å²) in [5.41, 5.74) is 2.16. The monoisotopic (exact) mass is 438 g/mol. The Morgan fingerprint density at radius 1 is 1.15 bits per heavy atom. The van der Waals surface area contributed by atoms with Crippen LogP contribution in [-0.4, -0.2) is 55.9 Å². The fourth-order valence-electron chi connectivity index (χ4n) is 3.88. The molecule has 0 spiro atoms. The molecule has 1 aromatic carbocycles. The molecule has 0 aromatic heterocycles. The molecule has 0 N–H and O–H groups in total. The molecule has 0 aliphatic carbocycles. The Kier molecular flexibility index (Phi) is 5.70. The van der Waals surface area contributed by atoms with Crippen LogP contribution in [0.5, 0.6) is 0 Å².